The molecule has 0 spiro atoms. The molecule has 6 aromatic rings. The van der Waals surface area contributed by atoms with E-state index in [1.54, 1.807) is 55.6 Å². The first-order valence-corrected chi connectivity index (χ1v) is 11.9. The van der Waals surface area contributed by atoms with Crippen molar-refractivity contribution in [2.24, 2.45) is 0 Å². The van der Waals surface area contributed by atoms with E-state index in [-0.39, 0.29) is 0 Å². The number of hydrogen-bond donors (Lipinski definition) is 1. The SMILES string of the molecule is c1ccc(N2C(c3cnccn3)=C(c3ccn[nH]3)C(c3cccnn3)C2(c2conn2)c2ncccn2)nc1. The zero-order valence-electron chi connectivity index (χ0n) is 20.1. The maximum absolute atomic E-state index is 5.34. The quantitative estimate of drug-likeness (QED) is 0.346. The predicted molar refractivity (Wildman–Crippen MR) is 136 cm³/mol. The van der Waals surface area contributed by atoms with Gasteiger partial charge in [-0.05, 0) is 36.4 Å². The summed E-state index contributed by atoms with van der Waals surface area (Å²) in [6.07, 6.45) is 14.8. The number of rotatable bonds is 6. The molecule has 13 nitrogen and oxygen atoms in total. The van der Waals surface area contributed by atoms with E-state index < -0.39 is 11.5 Å². The van der Waals surface area contributed by atoms with E-state index in [4.69, 9.17) is 24.5 Å². The minimum absolute atomic E-state index is 0.415. The average Bonchev–Trinajstić information content (AvgIpc) is 3.79. The van der Waals surface area contributed by atoms with Gasteiger partial charge in [-0.1, -0.05) is 6.07 Å². The second-order valence-electron chi connectivity index (χ2n) is 8.56. The Balaban J connectivity index is 1.70. The molecule has 0 radical (unpaired) electrons. The average molecular weight is 515 g/mol. The van der Waals surface area contributed by atoms with Crippen LogP contribution in [0.5, 0.6) is 0 Å². The van der Waals surface area contributed by atoms with Gasteiger partial charge in [0.25, 0.3) is 0 Å². The fourth-order valence-corrected chi connectivity index (χ4v) is 5.18. The van der Waals surface area contributed by atoms with Crippen LogP contribution >= 0.6 is 0 Å². The molecule has 1 N–H and O–H groups in total. The number of pyridine rings is 1. The Morgan fingerprint density at radius 1 is 0.821 bits per heavy atom. The van der Waals surface area contributed by atoms with E-state index in [9.17, 15) is 0 Å². The van der Waals surface area contributed by atoms with Gasteiger partial charge in [0, 0.05) is 54.2 Å². The van der Waals surface area contributed by atoms with Crippen LogP contribution in [0.25, 0.3) is 11.3 Å². The van der Waals surface area contributed by atoms with Crippen LogP contribution in [0.4, 0.5) is 5.82 Å². The lowest BCUT2D eigenvalue weighted by molar-refractivity contribution is 0.392. The molecule has 0 aromatic carbocycles. The van der Waals surface area contributed by atoms with Crippen molar-refractivity contribution >= 4 is 17.1 Å². The highest BCUT2D eigenvalue weighted by molar-refractivity contribution is 6.03. The van der Waals surface area contributed by atoms with Crippen LogP contribution < -0.4 is 4.90 Å². The van der Waals surface area contributed by atoms with Gasteiger partial charge in [-0.15, -0.1) is 5.10 Å². The number of nitrogens with one attached hydrogen (secondary N) is 1. The number of aromatic amines is 1. The van der Waals surface area contributed by atoms with E-state index in [2.05, 4.69) is 35.7 Å². The van der Waals surface area contributed by atoms with E-state index >= 15 is 0 Å². The van der Waals surface area contributed by atoms with Crippen LogP contribution in [-0.4, -0.2) is 55.7 Å². The van der Waals surface area contributed by atoms with E-state index in [1.807, 2.05) is 41.3 Å². The Bertz CT molecular complexity index is 1700. The predicted octanol–water partition coefficient (Wildman–Crippen LogP) is 2.67. The van der Waals surface area contributed by atoms with E-state index in [0.717, 1.165) is 11.3 Å². The highest BCUT2D eigenvalue weighted by atomic mass is 16.5. The first-order valence-electron chi connectivity index (χ1n) is 11.9. The topological polar surface area (TPSA) is 161 Å². The third-order valence-electron chi connectivity index (χ3n) is 6.56. The van der Waals surface area contributed by atoms with Crippen molar-refractivity contribution < 1.29 is 4.52 Å². The standard InChI is InChI=1S/C26H18N12O/c1-2-8-29-21(6-1)38-24(19-15-27-13-14-28-19)22(17-7-12-33-34-17)23(18-5-3-11-32-35-18)26(38,20-16-39-37-36-20)25-30-9-4-10-31-25/h1-16,23H,(H,33,34). The zero-order chi connectivity index (χ0) is 26.1. The van der Waals surface area contributed by atoms with Crippen LogP contribution in [0.3, 0.4) is 0 Å². The molecule has 188 valence electrons. The molecule has 7 heterocycles. The minimum atomic E-state index is -1.29. The van der Waals surface area contributed by atoms with Crippen molar-refractivity contribution in [2.75, 3.05) is 4.90 Å². The lowest BCUT2D eigenvalue weighted by atomic mass is 9.75. The molecule has 0 fully saturated rings. The molecule has 6 aromatic heterocycles. The van der Waals surface area contributed by atoms with Gasteiger partial charge < -0.3 is 9.42 Å². The normalized spacial score (nSPS) is 19.0. The smallest absolute Gasteiger partial charge is 0.166 e. The van der Waals surface area contributed by atoms with Crippen LogP contribution in [0.2, 0.25) is 0 Å². The molecule has 7 rings (SSSR count). The Kier molecular flexibility index (Phi) is 5.36. The fourth-order valence-electron chi connectivity index (χ4n) is 5.18. The van der Waals surface area contributed by atoms with Crippen molar-refractivity contribution in [1.82, 2.24) is 55.7 Å². The molecule has 0 saturated carbocycles. The summed E-state index contributed by atoms with van der Waals surface area (Å²) in [5.74, 6) is 0.384. The molecular formula is C26H18N12O. The molecule has 0 bridgehead atoms. The maximum atomic E-state index is 5.34. The van der Waals surface area contributed by atoms with Gasteiger partial charge in [0.05, 0.1) is 29.2 Å². The van der Waals surface area contributed by atoms with Gasteiger partial charge >= 0.3 is 0 Å². The van der Waals surface area contributed by atoms with Gasteiger partial charge in [0.15, 0.2) is 17.6 Å². The highest BCUT2D eigenvalue weighted by Gasteiger charge is 2.62. The summed E-state index contributed by atoms with van der Waals surface area (Å²) in [6.45, 7) is 0. The molecule has 1 aliphatic rings. The van der Waals surface area contributed by atoms with Crippen LogP contribution in [0, 0.1) is 0 Å². The van der Waals surface area contributed by atoms with Gasteiger partial charge in [-0.2, -0.15) is 15.3 Å². The Morgan fingerprint density at radius 3 is 2.44 bits per heavy atom. The molecular weight excluding hydrogens is 496 g/mol. The van der Waals surface area contributed by atoms with Crippen LogP contribution in [0.1, 0.15) is 34.5 Å². The monoisotopic (exact) mass is 514 g/mol. The summed E-state index contributed by atoms with van der Waals surface area (Å²) < 4.78 is 5.34. The number of anilines is 1. The second-order valence-corrected chi connectivity index (χ2v) is 8.56. The third-order valence-corrected chi connectivity index (χ3v) is 6.56. The maximum Gasteiger partial charge on any atom is 0.166 e. The number of aromatic nitrogens is 11. The molecule has 13 heteroatoms. The third kappa shape index (κ3) is 3.48. The molecule has 0 aliphatic carbocycles. The van der Waals surface area contributed by atoms with Crippen molar-refractivity contribution in [2.45, 2.75) is 11.5 Å². The summed E-state index contributed by atoms with van der Waals surface area (Å²) in [4.78, 5) is 25.4. The lowest BCUT2D eigenvalue weighted by Crippen LogP contribution is -2.49. The Hall–Kier alpha value is -5.72. The van der Waals surface area contributed by atoms with Gasteiger partial charge in [-0.3, -0.25) is 15.1 Å². The summed E-state index contributed by atoms with van der Waals surface area (Å²) in [7, 11) is 0. The van der Waals surface area contributed by atoms with Crippen LogP contribution in [-0.2, 0) is 5.54 Å². The first kappa shape index (κ1) is 22.5. The molecule has 39 heavy (non-hydrogen) atoms. The molecule has 0 saturated heterocycles. The number of H-pyrrole nitrogens is 1. The summed E-state index contributed by atoms with van der Waals surface area (Å²) >= 11 is 0. The second kappa shape index (κ2) is 9.30. The number of hydrogen-bond acceptors (Lipinski definition) is 12. The van der Waals surface area contributed by atoms with Crippen molar-refractivity contribution in [3.8, 4) is 0 Å². The summed E-state index contributed by atoms with van der Waals surface area (Å²) in [5, 5.41) is 24.5. The molecule has 2 unspecified atom stereocenters. The molecule has 1 aliphatic heterocycles. The number of nitrogens with zero attached hydrogens (tertiary/aromatic N) is 11. The van der Waals surface area contributed by atoms with Crippen molar-refractivity contribution in [3.05, 3.63) is 127 Å². The molecule has 2 atom stereocenters. The van der Waals surface area contributed by atoms with Crippen molar-refractivity contribution in [3.63, 3.8) is 0 Å². The van der Waals surface area contributed by atoms with Crippen molar-refractivity contribution in [1.29, 1.82) is 0 Å². The van der Waals surface area contributed by atoms with Gasteiger partial charge in [-0.25, -0.2) is 15.0 Å². The Labute approximate surface area is 220 Å². The highest BCUT2D eigenvalue weighted by Crippen LogP contribution is 2.61. The first-order chi connectivity index (χ1) is 19.4. The lowest BCUT2D eigenvalue weighted by Gasteiger charge is -2.40. The fraction of sp³-hybridized carbons (Fsp3) is 0.0769. The summed E-state index contributed by atoms with van der Waals surface area (Å²) in [6, 6.07) is 13.0. The van der Waals surface area contributed by atoms with Gasteiger partial charge in [0.1, 0.15) is 17.2 Å². The van der Waals surface area contributed by atoms with Gasteiger partial charge in [0.2, 0.25) is 0 Å². The van der Waals surface area contributed by atoms with E-state index in [1.165, 1.54) is 6.26 Å². The minimum Gasteiger partial charge on any atom is -0.345 e. The zero-order valence-corrected chi connectivity index (χ0v) is 20.1. The van der Waals surface area contributed by atoms with E-state index in [0.29, 0.717) is 34.4 Å². The Morgan fingerprint density at radius 2 is 1.74 bits per heavy atom. The van der Waals surface area contributed by atoms with Crippen LogP contribution in [0.15, 0.2) is 103 Å². The summed E-state index contributed by atoms with van der Waals surface area (Å²) in [5.41, 5.74) is 2.53. The molecule has 0 amide bonds. The largest absolute Gasteiger partial charge is 0.345 e.